The normalized spacial score (nSPS) is 19.2. The summed E-state index contributed by atoms with van der Waals surface area (Å²) < 4.78 is 38.4. The molecule has 0 N–H and O–H groups in total. The van der Waals surface area contributed by atoms with Crippen LogP contribution in [0.1, 0.15) is 55.5 Å². The molecule has 3 aromatic carbocycles. The molecule has 4 aromatic rings. The molecule has 6 rings (SSSR count). The SMILES string of the molecule is CC(C)(C)OC(=O)C[C@]1(c2ccc(-c3ccc(Cl)cc3)s2)CCN(C(=O)OCC2c3ccccc3-c3ccccc32)CCS1(=O)=O. The third kappa shape index (κ3) is 6.33. The second-order valence-electron chi connectivity index (χ2n) is 12.8. The van der Waals surface area contributed by atoms with E-state index in [1.54, 1.807) is 39.0 Å². The van der Waals surface area contributed by atoms with Gasteiger partial charge in [-0.25, -0.2) is 13.2 Å². The Bertz CT molecular complexity index is 1830. The van der Waals surface area contributed by atoms with Crippen LogP contribution in [-0.4, -0.2) is 56.4 Å². The lowest BCUT2D eigenvalue weighted by molar-refractivity contribution is -0.155. The van der Waals surface area contributed by atoms with Gasteiger partial charge < -0.3 is 14.4 Å². The van der Waals surface area contributed by atoms with E-state index in [0.717, 1.165) is 32.7 Å². The molecule has 0 unspecified atom stereocenters. The molecule has 1 aliphatic heterocycles. The zero-order valence-corrected chi connectivity index (χ0v) is 28.4. The van der Waals surface area contributed by atoms with Crippen molar-refractivity contribution in [3.05, 3.63) is 106 Å². The van der Waals surface area contributed by atoms with Crippen LogP contribution in [0.2, 0.25) is 5.02 Å². The number of thiophene rings is 1. The van der Waals surface area contributed by atoms with E-state index in [-0.39, 0.29) is 44.2 Å². The maximum absolute atomic E-state index is 14.2. The van der Waals surface area contributed by atoms with Gasteiger partial charge in [0.15, 0.2) is 9.84 Å². The van der Waals surface area contributed by atoms with Crippen molar-refractivity contribution < 1.29 is 27.5 Å². The summed E-state index contributed by atoms with van der Waals surface area (Å²) in [7, 11) is -3.94. The molecular weight excluding hydrogens is 642 g/mol. The fourth-order valence-electron chi connectivity index (χ4n) is 6.40. The molecule has 0 spiro atoms. The number of sulfone groups is 1. The van der Waals surface area contributed by atoms with Gasteiger partial charge >= 0.3 is 12.1 Å². The second-order valence-corrected chi connectivity index (χ2v) is 16.7. The van der Waals surface area contributed by atoms with Gasteiger partial charge in [-0.2, -0.15) is 0 Å². The Labute approximate surface area is 279 Å². The van der Waals surface area contributed by atoms with Crippen LogP contribution in [0.25, 0.3) is 21.6 Å². The van der Waals surface area contributed by atoms with Crippen LogP contribution in [0.5, 0.6) is 0 Å². The van der Waals surface area contributed by atoms with Crippen LogP contribution in [0.3, 0.4) is 0 Å². The number of rotatable bonds is 6. The maximum atomic E-state index is 14.2. The summed E-state index contributed by atoms with van der Waals surface area (Å²) in [6.45, 7) is 5.46. The molecule has 1 atom stereocenters. The summed E-state index contributed by atoms with van der Waals surface area (Å²) in [5.41, 5.74) is 4.55. The van der Waals surface area contributed by atoms with E-state index >= 15 is 0 Å². The van der Waals surface area contributed by atoms with Crippen molar-refractivity contribution in [1.29, 1.82) is 0 Å². The van der Waals surface area contributed by atoms with Gasteiger partial charge in [-0.3, -0.25) is 4.79 Å². The van der Waals surface area contributed by atoms with Crippen LogP contribution in [0.4, 0.5) is 4.79 Å². The summed E-state index contributed by atoms with van der Waals surface area (Å²) in [5.74, 6) is -1.03. The first-order valence-corrected chi connectivity index (χ1v) is 18.1. The monoisotopic (exact) mass is 677 g/mol. The molecule has 1 amide bonds. The van der Waals surface area contributed by atoms with Crippen molar-refractivity contribution in [2.75, 3.05) is 25.4 Å². The topological polar surface area (TPSA) is 90.0 Å². The number of carbonyl (C=O) groups is 2. The van der Waals surface area contributed by atoms with Crippen molar-refractivity contribution in [3.8, 4) is 21.6 Å². The first-order valence-electron chi connectivity index (χ1n) is 15.3. The Hall–Kier alpha value is -3.66. The molecular formula is C36H36ClNO6S2. The van der Waals surface area contributed by atoms with Gasteiger partial charge in [0, 0.05) is 33.8 Å². The maximum Gasteiger partial charge on any atom is 0.409 e. The average molecular weight is 678 g/mol. The van der Waals surface area contributed by atoms with Crippen molar-refractivity contribution in [1.82, 2.24) is 4.90 Å². The summed E-state index contributed by atoms with van der Waals surface area (Å²) in [6.07, 6.45) is -0.899. The molecule has 2 heterocycles. The van der Waals surface area contributed by atoms with E-state index in [4.69, 9.17) is 21.1 Å². The lowest BCUT2D eigenvalue weighted by atomic mass is 9.97. The number of esters is 1. The third-order valence-corrected chi connectivity index (χ3v) is 12.8. The minimum atomic E-state index is -3.94. The summed E-state index contributed by atoms with van der Waals surface area (Å²) in [6, 6.07) is 27.1. The van der Waals surface area contributed by atoms with E-state index < -0.39 is 32.2 Å². The Morgan fingerprint density at radius 3 is 2.17 bits per heavy atom. The predicted molar refractivity (Wildman–Crippen MR) is 182 cm³/mol. The van der Waals surface area contributed by atoms with Crippen LogP contribution in [0, 0.1) is 0 Å². The highest BCUT2D eigenvalue weighted by atomic mass is 35.5. The molecule has 1 aliphatic carbocycles. The Morgan fingerprint density at radius 2 is 1.54 bits per heavy atom. The van der Waals surface area contributed by atoms with E-state index in [1.807, 2.05) is 42.5 Å². The third-order valence-electron chi connectivity index (χ3n) is 8.64. The van der Waals surface area contributed by atoms with Gasteiger partial charge in [0.05, 0.1) is 12.2 Å². The van der Waals surface area contributed by atoms with E-state index in [9.17, 15) is 18.0 Å². The summed E-state index contributed by atoms with van der Waals surface area (Å²) in [5, 5.41) is 0.599. The van der Waals surface area contributed by atoms with Crippen molar-refractivity contribution in [3.63, 3.8) is 0 Å². The number of hydrogen-bond donors (Lipinski definition) is 0. The van der Waals surface area contributed by atoms with Gasteiger partial charge in [0.1, 0.15) is 17.0 Å². The van der Waals surface area contributed by atoms with Crippen LogP contribution >= 0.6 is 22.9 Å². The van der Waals surface area contributed by atoms with Crippen LogP contribution in [0.15, 0.2) is 84.9 Å². The molecule has 2 aliphatic rings. The number of amides is 1. The van der Waals surface area contributed by atoms with Gasteiger partial charge in [0.25, 0.3) is 0 Å². The Balaban J connectivity index is 1.26. The standard InChI is InChI=1S/C36H36ClNO6S2/c1-35(2,3)44-33(39)22-36(32-17-16-31(45-32)24-12-14-25(37)15-13-24)18-19-38(20-21-46(36,41)42)34(40)43-23-30-28-10-6-4-8-26(28)27-9-5-7-11-29(27)30/h4-17,30H,18-23H2,1-3H3/t36-/m0/s1. The predicted octanol–water partition coefficient (Wildman–Crippen LogP) is 8.07. The average Bonchev–Trinajstić information content (AvgIpc) is 3.59. The smallest absolute Gasteiger partial charge is 0.409 e. The first kappa shape index (κ1) is 32.3. The number of benzene rings is 3. The van der Waals surface area contributed by atoms with Crippen molar-refractivity contribution in [2.24, 2.45) is 0 Å². The van der Waals surface area contributed by atoms with Crippen molar-refractivity contribution in [2.45, 2.75) is 49.9 Å². The number of hydrogen-bond acceptors (Lipinski definition) is 7. The highest BCUT2D eigenvalue weighted by Crippen LogP contribution is 2.47. The summed E-state index contributed by atoms with van der Waals surface area (Å²) >= 11 is 7.41. The molecule has 1 fully saturated rings. The molecule has 1 aromatic heterocycles. The van der Waals surface area contributed by atoms with Gasteiger partial charge in [-0.15, -0.1) is 11.3 Å². The molecule has 46 heavy (non-hydrogen) atoms. The lowest BCUT2D eigenvalue weighted by Gasteiger charge is -2.31. The lowest BCUT2D eigenvalue weighted by Crippen LogP contribution is -2.40. The van der Waals surface area contributed by atoms with Gasteiger partial charge in [-0.05, 0) is 79.3 Å². The molecule has 10 heteroatoms. The number of halogens is 1. The quantitative estimate of drug-likeness (QED) is 0.192. The van der Waals surface area contributed by atoms with E-state index in [0.29, 0.717) is 9.90 Å². The molecule has 0 bridgehead atoms. The number of fused-ring (bicyclic) bond motifs is 3. The largest absolute Gasteiger partial charge is 0.460 e. The molecule has 0 radical (unpaired) electrons. The Morgan fingerprint density at radius 1 is 0.913 bits per heavy atom. The van der Waals surface area contributed by atoms with E-state index in [1.165, 1.54) is 16.2 Å². The van der Waals surface area contributed by atoms with Crippen molar-refractivity contribution >= 4 is 44.8 Å². The zero-order valence-electron chi connectivity index (χ0n) is 26.0. The van der Waals surface area contributed by atoms with Gasteiger partial charge in [0.2, 0.25) is 0 Å². The minimum absolute atomic E-state index is 0.0271. The minimum Gasteiger partial charge on any atom is -0.460 e. The Kier molecular flexibility index (Phi) is 8.78. The first-order chi connectivity index (χ1) is 21.9. The molecule has 7 nitrogen and oxygen atoms in total. The number of nitrogens with zero attached hydrogens (tertiary/aromatic N) is 1. The summed E-state index contributed by atoms with van der Waals surface area (Å²) in [4.78, 5) is 29.7. The molecule has 240 valence electrons. The zero-order chi connectivity index (χ0) is 32.7. The second kappa shape index (κ2) is 12.5. The highest BCUT2D eigenvalue weighted by molar-refractivity contribution is 7.92. The fraction of sp³-hybridized carbons (Fsp3) is 0.333. The molecule has 1 saturated heterocycles. The number of carbonyl (C=O) groups excluding carboxylic acids is 2. The van der Waals surface area contributed by atoms with Crippen LogP contribution < -0.4 is 0 Å². The van der Waals surface area contributed by atoms with Gasteiger partial charge in [-0.1, -0.05) is 72.3 Å². The fourth-order valence-corrected chi connectivity index (χ4v) is 10.1. The van der Waals surface area contributed by atoms with Crippen LogP contribution in [-0.2, 0) is 28.9 Å². The highest BCUT2D eigenvalue weighted by Gasteiger charge is 2.51. The molecule has 0 saturated carbocycles. The van der Waals surface area contributed by atoms with E-state index in [2.05, 4.69) is 24.3 Å². The number of ether oxygens (including phenoxy) is 2.